The minimum absolute atomic E-state index is 0.470. The monoisotopic (exact) mass is 285 g/mol. The van der Waals surface area contributed by atoms with E-state index < -0.39 is 48.5 Å². The highest BCUT2D eigenvalue weighted by atomic mass is 19.2. The Labute approximate surface area is 113 Å². The van der Waals surface area contributed by atoms with E-state index in [2.05, 4.69) is 0 Å². The molecule has 1 saturated heterocycles. The van der Waals surface area contributed by atoms with Crippen molar-refractivity contribution in [3.05, 3.63) is 12.3 Å². The number of ketones is 1. The Morgan fingerprint density at radius 3 is 2.75 bits per heavy atom. The molecule has 8 heteroatoms. The maximum Gasteiger partial charge on any atom is 0.264 e. The van der Waals surface area contributed by atoms with Gasteiger partial charge >= 0.3 is 0 Å². The third-order valence-corrected chi connectivity index (χ3v) is 3.24. The predicted molar refractivity (Wildman–Crippen MR) is 61.2 cm³/mol. The average molecular weight is 285 g/mol. The number of hydrogen-bond donors (Lipinski definition) is 3. The average Bonchev–Trinajstić information content (AvgIpc) is 2.62. The van der Waals surface area contributed by atoms with E-state index in [4.69, 9.17) is 16.3 Å². The van der Waals surface area contributed by atoms with Crippen molar-refractivity contribution in [1.82, 2.24) is 4.90 Å². The highest BCUT2D eigenvalue weighted by molar-refractivity contribution is 6.06. The standard InChI is InChI=1S/C12H12FNO6/c1-2-11(19)9(18)12(13,6-15)20-10(11)14-4-3-7(16)5-8(14)17/h1,3-4,9-10,15,18-19H,5-6H2/t9-,10+,11+,12+/m0/s1. The molecular weight excluding hydrogens is 273 g/mol. The third kappa shape index (κ3) is 1.92. The van der Waals surface area contributed by atoms with Gasteiger partial charge in [-0.15, -0.1) is 6.42 Å². The number of carbonyl (C=O) groups excluding carboxylic acids is 2. The molecule has 3 N–H and O–H groups in total. The second-order valence-corrected chi connectivity index (χ2v) is 4.55. The van der Waals surface area contributed by atoms with Crippen LogP contribution in [0.1, 0.15) is 6.42 Å². The van der Waals surface area contributed by atoms with Crippen LogP contribution in [-0.2, 0) is 14.3 Å². The second-order valence-electron chi connectivity index (χ2n) is 4.55. The normalized spacial score (nSPS) is 41.0. The van der Waals surface area contributed by atoms with Crippen LogP contribution in [0.2, 0.25) is 0 Å². The number of rotatable bonds is 2. The maximum absolute atomic E-state index is 14.1. The van der Waals surface area contributed by atoms with Gasteiger partial charge in [-0.05, 0) is 6.08 Å². The number of carbonyl (C=O) groups is 2. The Bertz CT molecular complexity index is 529. The number of nitrogens with zero attached hydrogens (tertiary/aromatic N) is 1. The van der Waals surface area contributed by atoms with Crippen LogP contribution in [0.5, 0.6) is 0 Å². The molecule has 0 saturated carbocycles. The van der Waals surface area contributed by atoms with Crippen molar-refractivity contribution in [3.8, 4) is 12.3 Å². The van der Waals surface area contributed by atoms with Gasteiger partial charge in [-0.1, -0.05) is 5.92 Å². The lowest BCUT2D eigenvalue weighted by molar-refractivity contribution is -0.212. The number of ether oxygens (including phenoxy) is 1. The molecule has 0 bridgehead atoms. The molecule has 20 heavy (non-hydrogen) atoms. The topological polar surface area (TPSA) is 107 Å². The SMILES string of the molecule is C#C[C@]1(O)[C@H](N2C=CC(=O)CC2=O)O[C@](F)(CO)[C@H]1O. The minimum Gasteiger partial charge on any atom is -0.390 e. The summed E-state index contributed by atoms with van der Waals surface area (Å²) in [6, 6.07) is 0. The van der Waals surface area contributed by atoms with Gasteiger partial charge in [0.15, 0.2) is 18.1 Å². The number of allylic oxidation sites excluding steroid dienone is 1. The van der Waals surface area contributed by atoms with E-state index in [9.17, 15) is 24.2 Å². The zero-order chi connectivity index (χ0) is 15.1. The van der Waals surface area contributed by atoms with E-state index >= 15 is 0 Å². The first-order valence-corrected chi connectivity index (χ1v) is 5.66. The van der Waals surface area contributed by atoms with Crippen LogP contribution >= 0.6 is 0 Å². The molecule has 0 aromatic heterocycles. The van der Waals surface area contributed by atoms with Crippen LogP contribution < -0.4 is 0 Å². The Morgan fingerprint density at radius 1 is 1.60 bits per heavy atom. The fourth-order valence-corrected chi connectivity index (χ4v) is 2.10. The number of amides is 1. The van der Waals surface area contributed by atoms with Crippen LogP contribution in [0.4, 0.5) is 4.39 Å². The summed E-state index contributed by atoms with van der Waals surface area (Å²) >= 11 is 0. The van der Waals surface area contributed by atoms with Gasteiger partial charge in [0.1, 0.15) is 6.61 Å². The molecule has 0 aromatic carbocycles. The molecule has 0 radical (unpaired) electrons. The molecule has 2 heterocycles. The molecule has 1 amide bonds. The van der Waals surface area contributed by atoms with Crippen molar-refractivity contribution in [2.75, 3.05) is 6.61 Å². The zero-order valence-corrected chi connectivity index (χ0v) is 10.2. The number of aliphatic hydroxyl groups excluding tert-OH is 2. The molecule has 1 fully saturated rings. The van der Waals surface area contributed by atoms with Crippen LogP contribution in [0.15, 0.2) is 12.3 Å². The van der Waals surface area contributed by atoms with Crippen LogP contribution in [0, 0.1) is 12.3 Å². The molecule has 2 aliphatic rings. The highest BCUT2D eigenvalue weighted by Gasteiger charge is 2.66. The van der Waals surface area contributed by atoms with Crippen LogP contribution in [0.25, 0.3) is 0 Å². The first-order chi connectivity index (χ1) is 9.28. The van der Waals surface area contributed by atoms with Gasteiger partial charge in [0, 0.05) is 6.20 Å². The van der Waals surface area contributed by atoms with E-state index in [-0.39, 0.29) is 0 Å². The fourth-order valence-electron chi connectivity index (χ4n) is 2.10. The fraction of sp³-hybridized carbons (Fsp3) is 0.500. The number of aliphatic hydroxyl groups is 3. The van der Waals surface area contributed by atoms with Crippen molar-refractivity contribution in [1.29, 1.82) is 0 Å². The largest absolute Gasteiger partial charge is 0.390 e. The molecule has 4 atom stereocenters. The highest BCUT2D eigenvalue weighted by Crippen LogP contribution is 2.41. The van der Waals surface area contributed by atoms with E-state index in [1.165, 1.54) is 0 Å². The number of hydrogen-bond acceptors (Lipinski definition) is 6. The van der Waals surface area contributed by atoms with Crippen molar-refractivity contribution < 1.29 is 34.0 Å². The number of terminal acetylenes is 1. The van der Waals surface area contributed by atoms with Gasteiger partial charge in [-0.3, -0.25) is 14.5 Å². The molecule has 7 nitrogen and oxygen atoms in total. The van der Waals surface area contributed by atoms with Crippen molar-refractivity contribution in [2.24, 2.45) is 0 Å². The predicted octanol–water partition coefficient (Wildman–Crippen LogP) is -1.96. The maximum atomic E-state index is 14.1. The molecule has 0 aromatic rings. The van der Waals surface area contributed by atoms with E-state index in [0.717, 1.165) is 17.2 Å². The summed E-state index contributed by atoms with van der Waals surface area (Å²) in [5.74, 6) is -2.48. The summed E-state index contributed by atoms with van der Waals surface area (Å²) < 4.78 is 18.9. The summed E-state index contributed by atoms with van der Waals surface area (Å²) in [6.45, 7) is -1.26. The summed E-state index contributed by atoms with van der Waals surface area (Å²) in [6.07, 6.45) is 2.60. The van der Waals surface area contributed by atoms with Crippen molar-refractivity contribution in [3.63, 3.8) is 0 Å². The lowest BCUT2D eigenvalue weighted by Gasteiger charge is -2.33. The first kappa shape index (κ1) is 14.6. The van der Waals surface area contributed by atoms with Crippen LogP contribution in [0.3, 0.4) is 0 Å². The molecule has 0 aliphatic carbocycles. The quantitative estimate of drug-likeness (QED) is 0.402. The van der Waals surface area contributed by atoms with Crippen molar-refractivity contribution in [2.45, 2.75) is 30.2 Å². The lowest BCUT2D eigenvalue weighted by atomic mass is 9.93. The van der Waals surface area contributed by atoms with Gasteiger partial charge in [0.25, 0.3) is 5.85 Å². The molecule has 0 unspecified atom stereocenters. The lowest BCUT2D eigenvalue weighted by Crippen LogP contribution is -2.55. The zero-order valence-electron chi connectivity index (χ0n) is 10.2. The van der Waals surface area contributed by atoms with E-state index in [1.807, 2.05) is 0 Å². The summed E-state index contributed by atoms with van der Waals surface area (Å²) in [7, 11) is 0. The molecule has 2 aliphatic heterocycles. The van der Waals surface area contributed by atoms with Gasteiger partial charge in [-0.25, -0.2) is 4.39 Å². The van der Waals surface area contributed by atoms with Gasteiger partial charge in [-0.2, -0.15) is 0 Å². The smallest absolute Gasteiger partial charge is 0.264 e. The summed E-state index contributed by atoms with van der Waals surface area (Å²) in [5.41, 5.74) is -2.56. The van der Waals surface area contributed by atoms with E-state index in [1.54, 1.807) is 5.92 Å². The van der Waals surface area contributed by atoms with Crippen molar-refractivity contribution >= 4 is 11.7 Å². The summed E-state index contributed by atoms with van der Waals surface area (Å²) in [5, 5.41) is 28.8. The first-order valence-electron chi connectivity index (χ1n) is 5.66. The third-order valence-electron chi connectivity index (χ3n) is 3.24. The van der Waals surface area contributed by atoms with E-state index in [0.29, 0.717) is 0 Å². The molecular formula is C12H12FNO6. The molecule has 0 spiro atoms. The second kappa shape index (κ2) is 4.64. The Hall–Kier alpha value is -1.79. The number of alkyl halides is 1. The van der Waals surface area contributed by atoms with Crippen LogP contribution in [-0.4, -0.2) is 62.3 Å². The van der Waals surface area contributed by atoms with Gasteiger partial charge < -0.3 is 20.1 Å². The minimum atomic E-state index is -3.01. The molecule has 2 rings (SSSR count). The Balaban J connectivity index is 2.41. The Kier molecular flexibility index (Phi) is 3.39. The summed E-state index contributed by atoms with van der Waals surface area (Å²) in [4.78, 5) is 23.5. The molecule has 108 valence electrons. The number of halogens is 1. The van der Waals surface area contributed by atoms with Gasteiger partial charge in [0.05, 0.1) is 6.42 Å². The Morgan fingerprint density at radius 2 is 2.25 bits per heavy atom. The van der Waals surface area contributed by atoms with Gasteiger partial charge in [0.2, 0.25) is 11.5 Å².